The molecular formula is C16H20N2O. The zero-order chi connectivity index (χ0) is 13.7. The Morgan fingerprint density at radius 2 is 2.11 bits per heavy atom. The zero-order valence-electron chi connectivity index (χ0n) is 11.4. The fourth-order valence-corrected chi connectivity index (χ4v) is 2.77. The number of carbonyl (C=O) groups excluding carboxylic acids is 1. The quantitative estimate of drug-likeness (QED) is 0.823. The van der Waals surface area contributed by atoms with E-state index in [-0.39, 0.29) is 5.91 Å². The second kappa shape index (κ2) is 5.88. The Labute approximate surface area is 114 Å². The van der Waals surface area contributed by atoms with Gasteiger partial charge < -0.3 is 5.32 Å². The lowest BCUT2D eigenvalue weighted by Gasteiger charge is -2.39. The molecule has 0 spiro atoms. The van der Waals surface area contributed by atoms with E-state index in [1.54, 1.807) is 0 Å². The van der Waals surface area contributed by atoms with Crippen LogP contribution in [0.25, 0.3) is 0 Å². The lowest BCUT2D eigenvalue weighted by atomic mass is 9.63. The minimum atomic E-state index is -0.744. The Morgan fingerprint density at radius 3 is 2.68 bits per heavy atom. The van der Waals surface area contributed by atoms with Gasteiger partial charge in [0.05, 0.1) is 6.07 Å². The number of amides is 1. The van der Waals surface area contributed by atoms with E-state index < -0.39 is 5.41 Å². The highest BCUT2D eigenvalue weighted by Crippen LogP contribution is 2.44. The third-order valence-electron chi connectivity index (χ3n) is 3.81. The largest absolute Gasteiger partial charge is 0.355 e. The molecule has 100 valence electrons. The molecule has 1 amide bonds. The van der Waals surface area contributed by atoms with E-state index in [0.717, 1.165) is 12.8 Å². The first kappa shape index (κ1) is 13.6. The summed E-state index contributed by atoms with van der Waals surface area (Å²) in [5.74, 6) is 0.413. The molecule has 0 heterocycles. The number of rotatable bonds is 5. The molecule has 1 aromatic carbocycles. The topological polar surface area (TPSA) is 52.9 Å². The fourth-order valence-electron chi connectivity index (χ4n) is 2.77. The molecule has 1 fully saturated rings. The van der Waals surface area contributed by atoms with E-state index in [1.807, 2.05) is 18.2 Å². The lowest BCUT2D eigenvalue weighted by Crippen LogP contribution is -2.48. The highest BCUT2D eigenvalue weighted by Gasteiger charge is 2.48. The van der Waals surface area contributed by atoms with Gasteiger partial charge in [0.1, 0.15) is 5.41 Å². The Bertz CT molecular complexity index is 469. The Morgan fingerprint density at radius 1 is 1.42 bits per heavy atom. The van der Waals surface area contributed by atoms with E-state index in [0.29, 0.717) is 25.3 Å². The number of aryl methyl sites for hydroxylation is 1. The van der Waals surface area contributed by atoms with Crippen LogP contribution in [-0.2, 0) is 11.2 Å². The summed E-state index contributed by atoms with van der Waals surface area (Å²) in [4.78, 5) is 12.0. The van der Waals surface area contributed by atoms with Gasteiger partial charge in [0.2, 0.25) is 5.91 Å². The minimum Gasteiger partial charge on any atom is -0.355 e. The molecule has 0 aliphatic heterocycles. The number of nitrogens with zero attached hydrogens (tertiary/aromatic N) is 1. The predicted molar refractivity (Wildman–Crippen MR) is 74.2 cm³/mol. The third kappa shape index (κ3) is 3.14. The van der Waals surface area contributed by atoms with Crippen molar-refractivity contribution in [2.24, 2.45) is 11.3 Å². The van der Waals surface area contributed by atoms with Crippen LogP contribution in [0.5, 0.6) is 0 Å². The molecule has 0 atom stereocenters. The number of hydrogen-bond acceptors (Lipinski definition) is 2. The molecule has 1 aliphatic carbocycles. The predicted octanol–water partition coefficient (Wildman–Crippen LogP) is 2.68. The zero-order valence-corrected chi connectivity index (χ0v) is 11.4. The summed E-state index contributed by atoms with van der Waals surface area (Å²) in [7, 11) is 0. The van der Waals surface area contributed by atoms with E-state index in [9.17, 15) is 4.79 Å². The van der Waals surface area contributed by atoms with Gasteiger partial charge in [0.25, 0.3) is 0 Å². The average Bonchev–Trinajstić information content (AvgIpc) is 2.40. The maximum Gasteiger partial charge on any atom is 0.240 e. The van der Waals surface area contributed by atoms with Gasteiger partial charge in [0.15, 0.2) is 0 Å². The van der Waals surface area contributed by atoms with Crippen LogP contribution in [0, 0.1) is 22.7 Å². The number of hydrogen-bond donors (Lipinski definition) is 1. The molecule has 0 bridgehead atoms. The van der Waals surface area contributed by atoms with Crippen molar-refractivity contribution in [2.45, 2.75) is 32.6 Å². The Kier molecular flexibility index (Phi) is 4.21. The lowest BCUT2D eigenvalue weighted by molar-refractivity contribution is -0.133. The minimum absolute atomic E-state index is 0.0823. The van der Waals surface area contributed by atoms with Crippen molar-refractivity contribution in [1.82, 2.24) is 5.32 Å². The Hall–Kier alpha value is -1.82. The second-order valence-electron chi connectivity index (χ2n) is 5.55. The van der Waals surface area contributed by atoms with Crippen LogP contribution in [0.3, 0.4) is 0 Å². The summed E-state index contributed by atoms with van der Waals surface area (Å²) < 4.78 is 0. The van der Waals surface area contributed by atoms with Crippen LogP contribution in [0.2, 0.25) is 0 Å². The molecule has 3 nitrogen and oxygen atoms in total. The molecule has 0 saturated heterocycles. The second-order valence-corrected chi connectivity index (χ2v) is 5.55. The van der Waals surface area contributed by atoms with Crippen LogP contribution in [0.1, 0.15) is 31.7 Å². The van der Waals surface area contributed by atoms with E-state index in [4.69, 9.17) is 5.26 Å². The molecule has 0 radical (unpaired) electrons. The van der Waals surface area contributed by atoms with Crippen molar-refractivity contribution in [3.8, 4) is 6.07 Å². The van der Waals surface area contributed by atoms with E-state index in [2.05, 4.69) is 30.4 Å². The summed E-state index contributed by atoms with van der Waals surface area (Å²) in [6.45, 7) is 2.73. The summed E-state index contributed by atoms with van der Waals surface area (Å²) in [5.41, 5.74) is 0.538. The summed E-state index contributed by atoms with van der Waals surface area (Å²) in [5, 5.41) is 12.1. The maximum absolute atomic E-state index is 12.0. The molecule has 1 N–H and O–H groups in total. The molecule has 2 rings (SSSR count). The normalized spacial score (nSPS) is 25.2. The van der Waals surface area contributed by atoms with Crippen LogP contribution >= 0.6 is 0 Å². The average molecular weight is 256 g/mol. The van der Waals surface area contributed by atoms with Gasteiger partial charge in [-0.2, -0.15) is 5.26 Å². The first-order valence-corrected chi connectivity index (χ1v) is 6.90. The van der Waals surface area contributed by atoms with Crippen molar-refractivity contribution in [2.75, 3.05) is 6.54 Å². The van der Waals surface area contributed by atoms with Crippen molar-refractivity contribution in [3.05, 3.63) is 35.9 Å². The van der Waals surface area contributed by atoms with Gasteiger partial charge in [0, 0.05) is 6.54 Å². The van der Waals surface area contributed by atoms with Crippen molar-refractivity contribution >= 4 is 5.91 Å². The van der Waals surface area contributed by atoms with E-state index in [1.165, 1.54) is 5.56 Å². The third-order valence-corrected chi connectivity index (χ3v) is 3.81. The number of benzene rings is 1. The van der Waals surface area contributed by atoms with E-state index >= 15 is 0 Å². The van der Waals surface area contributed by atoms with Crippen molar-refractivity contribution in [3.63, 3.8) is 0 Å². The van der Waals surface area contributed by atoms with Gasteiger partial charge in [-0.25, -0.2) is 0 Å². The highest BCUT2D eigenvalue weighted by molar-refractivity contribution is 5.86. The Balaban J connectivity index is 1.72. The van der Waals surface area contributed by atoms with Gasteiger partial charge >= 0.3 is 0 Å². The summed E-state index contributed by atoms with van der Waals surface area (Å²) in [6.07, 6.45) is 3.27. The SMILES string of the molecule is CC1CC(C#N)(C(=O)NCCCc2ccccc2)C1. The van der Waals surface area contributed by atoms with Gasteiger partial charge in [-0.05, 0) is 37.2 Å². The van der Waals surface area contributed by atoms with Crippen LogP contribution in [-0.4, -0.2) is 12.5 Å². The monoisotopic (exact) mass is 256 g/mol. The number of nitrogens with one attached hydrogen (secondary N) is 1. The standard InChI is InChI=1S/C16H20N2O/c1-13-10-16(11-13,12-17)15(19)18-9-5-8-14-6-3-2-4-7-14/h2-4,6-7,13H,5,8-11H2,1H3,(H,18,19). The van der Waals surface area contributed by atoms with Crippen LogP contribution < -0.4 is 5.32 Å². The molecule has 0 aromatic heterocycles. The van der Waals surface area contributed by atoms with Crippen molar-refractivity contribution in [1.29, 1.82) is 5.26 Å². The molecule has 19 heavy (non-hydrogen) atoms. The molecule has 1 saturated carbocycles. The number of carbonyl (C=O) groups is 1. The molecule has 3 heteroatoms. The molecule has 0 unspecified atom stereocenters. The highest BCUT2D eigenvalue weighted by atomic mass is 16.2. The van der Waals surface area contributed by atoms with Gasteiger partial charge in [-0.15, -0.1) is 0 Å². The van der Waals surface area contributed by atoms with Crippen LogP contribution in [0.4, 0.5) is 0 Å². The first-order valence-electron chi connectivity index (χ1n) is 6.90. The molecule has 1 aromatic rings. The van der Waals surface area contributed by atoms with Gasteiger partial charge in [-0.1, -0.05) is 37.3 Å². The maximum atomic E-state index is 12.0. The van der Waals surface area contributed by atoms with Gasteiger partial charge in [-0.3, -0.25) is 4.79 Å². The summed E-state index contributed by atoms with van der Waals surface area (Å²) in [6, 6.07) is 12.4. The van der Waals surface area contributed by atoms with Crippen LogP contribution in [0.15, 0.2) is 30.3 Å². The molecule has 1 aliphatic rings. The first-order chi connectivity index (χ1) is 9.16. The fraction of sp³-hybridized carbons (Fsp3) is 0.500. The summed E-state index contributed by atoms with van der Waals surface area (Å²) >= 11 is 0. The smallest absolute Gasteiger partial charge is 0.240 e. The number of nitriles is 1. The molecular weight excluding hydrogens is 236 g/mol. The van der Waals surface area contributed by atoms with Crippen molar-refractivity contribution < 1.29 is 4.79 Å².